The van der Waals surface area contributed by atoms with E-state index in [9.17, 15) is 4.79 Å². The van der Waals surface area contributed by atoms with Crippen LogP contribution in [0.5, 0.6) is 0 Å². The molecular weight excluding hydrogens is 358 g/mol. The molecular formula is C17H16ClN5OS. The number of aromatic nitrogens is 4. The van der Waals surface area contributed by atoms with Gasteiger partial charge in [0, 0.05) is 22.0 Å². The second kappa shape index (κ2) is 8.04. The third-order valence-corrected chi connectivity index (χ3v) is 4.54. The minimum absolute atomic E-state index is 0.0206. The van der Waals surface area contributed by atoms with E-state index in [-0.39, 0.29) is 12.5 Å². The van der Waals surface area contributed by atoms with Gasteiger partial charge in [-0.1, -0.05) is 35.9 Å². The van der Waals surface area contributed by atoms with E-state index in [0.717, 1.165) is 10.4 Å². The van der Waals surface area contributed by atoms with Gasteiger partial charge in [-0.3, -0.25) is 4.79 Å². The minimum atomic E-state index is -0.0941. The molecule has 0 aliphatic heterocycles. The van der Waals surface area contributed by atoms with Crippen LogP contribution in [0.3, 0.4) is 0 Å². The van der Waals surface area contributed by atoms with Gasteiger partial charge >= 0.3 is 0 Å². The van der Waals surface area contributed by atoms with Crippen LogP contribution in [0.2, 0.25) is 5.02 Å². The van der Waals surface area contributed by atoms with Crippen LogP contribution in [0, 0.1) is 0 Å². The zero-order chi connectivity index (χ0) is 17.6. The molecule has 6 nitrogen and oxygen atoms in total. The molecule has 2 aromatic heterocycles. The molecule has 2 heterocycles. The summed E-state index contributed by atoms with van der Waals surface area (Å²) in [4.78, 5) is 16.7. The van der Waals surface area contributed by atoms with Crippen molar-refractivity contribution in [3.63, 3.8) is 0 Å². The van der Waals surface area contributed by atoms with Crippen molar-refractivity contribution in [3.05, 3.63) is 64.3 Å². The smallest absolute Gasteiger partial charge is 0.246 e. The maximum absolute atomic E-state index is 12.6. The normalized spacial score (nSPS) is 10.6. The Kier molecular flexibility index (Phi) is 5.57. The molecule has 0 spiro atoms. The molecule has 0 atom stereocenters. The van der Waals surface area contributed by atoms with E-state index in [1.165, 1.54) is 4.80 Å². The number of thiophene rings is 1. The highest BCUT2D eigenvalue weighted by Gasteiger charge is 2.16. The Labute approximate surface area is 154 Å². The summed E-state index contributed by atoms with van der Waals surface area (Å²) in [7, 11) is 0. The molecule has 3 rings (SSSR count). The summed E-state index contributed by atoms with van der Waals surface area (Å²) in [5, 5.41) is 14.8. The van der Waals surface area contributed by atoms with Crippen molar-refractivity contribution < 1.29 is 4.79 Å². The van der Waals surface area contributed by atoms with Crippen molar-refractivity contribution in [2.45, 2.75) is 13.1 Å². The van der Waals surface area contributed by atoms with Gasteiger partial charge in [-0.15, -0.1) is 28.1 Å². The molecule has 0 saturated heterocycles. The zero-order valence-corrected chi connectivity index (χ0v) is 15.0. The fraction of sp³-hybridized carbons (Fsp3) is 0.176. The number of hydrogen-bond donors (Lipinski definition) is 0. The standard InChI is InChI=1S/C17H16ClN5OS/c1-2-8-22(11-15-7-4-9-25-15)16(24)12-23-20-17(19-21-23)13-5-3-6-14(18)10-13/h2-7,9-10H,1,8,11-12H2. The molecule has 0 aliphatic carbocycles. The summed E-state index contributed by atoms with van der Waals surface area (Å²) in [5.74, 6) is 0.340. The van der Waals surface area contributed by atoms with Crippen LogP contribution in [0.1, 0.15) is 4.88 Å². The molecule has 128 valence electrons. The molecule has 3 aromatic rings. The number of hydrogen-bond acceptors (Lipinski definition) is 5. The van der Waals surface area contributed by atoms with Gasteiger partial charge in [0.05, 0.1) is 6.54 Å². The highest BCUT2D eigenvalue weighted by Crippen LogP contribution is 2.18. The Morgan fingerprint density at radius 3 is 2.96 bits per heavy atom. The van der Waals surface area contributed by atoms with Crippen molar-refractivity contribution >= 4 is 28.8 Å². The van der Waals surface area contributed by atoms with Crippen LogP contribution in [0.25, 0.3) is 11.4 Å². The predicted molar refractivity (Wildman–Crippen MR) is 98.2 cm³/mol. The number of carbonyl (C=O) groups excluding carboxylic acids is 1. The summed E-state index contributed by atoms with van der Waals surface area (Å²) < 4.78 is 0. The van der Waals surface area contributed by atoms with E-state index in [1.54, 1.807) is 34.4 Å². The number of benzene rings is 1. The van der Waals surface area contributed by atoms with Crippen molar-refractivity contribution in [3.8, 4) is 11.4 Å². The lowest BCUT2D eigenvalue weighted by atomic mass is 10.2. The molecule has 0 radical (unpaired) electrons. The highest BCUT2D eigenvalue weighted by molar-refractivity contribution is 7.09. The fourth-order valence-electron chi connectivity index (χ4n) is 2.28. The quantitative estimate of drug-likeness (QED) is 0.596. The lowest BCUT2D eigenvalue weighted by Gasteiger charge is -2.19. The van der Waals surface area contributed by atoms with Gasteiger partial charge < -0.3 is 4.90 Å². The molecule has 8 heteroatoms. The molecule has 25 heavy (non-hydrogen) atoms. The van der Waals surface area contributed by atoms with Gasteiger partial charge in [0.25, 0.3) is 0 Å². The maximum atomic E-state index is 12.6. The number of amides is 1. The summed E-state index contributed by atoms with van der Waals surface area (Å²) >= 11 is 7.59. The third-order valence-electron chi connectivity index (χ3n) is 3.44. The Morgan fingerprint density at radius 2 is 2.24 bits per heavy atom. The molecule has 0 N–H and O–H groups in total. The van der Waals surface area contributed by atoms with Crippen molar-refractivity contribution in [1.82, 2.24) is 25.1 Å². The van der Waals surface area contributed by atoms with Crippen molar-refractivity contribution in [2.75, 3.05) is 6.54 Å². The molecule has 1 aromatic carbocycles. The maximum Gasteiger partial charge on any atom is 0.246 e. The Balaban J connectivity index is 1.70. The summed E-state index contributed by atoms with van der Waals surface area (Å²) in [5.41, 5.74) is 0.757. The zero-order valence-electron chi connectivity index (χ0n) is 13.4. The lowest BCUT2D eigenvalue weighted by Crippen LogP contribution is -2.34. The van der Waals surface area contributed by atoms with Crippen LogP contribution in [-0.4, -0.2) is 37.6 Å². The Morgan fingerprint density at radius 1 is 1.36 bits per heavy atom. The first-order valence-corrected chi connectivity index (χ1v) is 8.86. The molecule has 1 amide bonds. The van der Waals surface area contributed by atoms with Crippen LogP contribution in [0.4, 0.5) is 0 Å². The summed E-state index contributed by atoms with van der Waals surface area (Å²) in [6, 6.07) is 11.2. The van der Waals surface area contributed by atoms with Gasteiger partial charge in [0.2, 0.25) is 11.7 Å². The second-order valence-electron chi connectivity index (χ2n) is 5.30. The Hall–Kier alpha value is -2.51. The number of rotatable bonds is 7. The van der Waals surface area contributed by atoms with Crippen LogP contribution in [-0.2, 0) is 17.9 Å². The van der Waals surface area contributed by atoms with Crippen LogP contribution >= 0.6 is 22.9 Å². The second-order valence-corrected chi connectivity index (χ2v) is 6.76. The number of halogens is 1. The van der Waals surface area contributed by atoms with E-state index >= 15 is 0 Å². The first-order valence-electron chi connectivity index (χ1n) is 7.60. The average molecular weight is 374 g/mol. The predicted octanol–water partition coefficient (Wildman–Crippen LogP) is 3.27. The van der Waals surface area contributed by atoms with Crippen LogP contribution < -0.4 is 0 Å². The molecule has 0 fully saturated rings. The monoisotopic (exact) mass is 373 g/mol. The van der Waals surface area contributed by atoms with Crippen molar-refractivity contribution in [2.24, 2.45) is 0 Å². The average Bonchev–Trinajstić information content (AvgIpc) is 3.26. The lowest BCUT2D eigenvalue weighted by molar-refractivity contribution is -0.132. The molecule has 0 aliphatic rings. The van der Waals surface area contributed by atoms with Gasteiger partial charge in [-0.25, -0.2) is 0 Å². The summed E-state index contributed by atoms with van der Waals surface area (Å²) in [6.45, 7) is 4.74. The van der Waals surface area contributed by atoms with E-state index in [1.807, 2.05) is 29.6 Å². The number of carbonyl (C=O) groups is 1. The minimum Gasteiger partial charge on any atom is -0.332 e. The molecule has 0 saturated carbocycles. The first-order chi connectivity index (χ1) is 12.2. The van der Waals surface area contributed by atoms with E-state index in [2.05, 4.69) is 22.0 Å². The van der Waals surface area contributed by atoms with E-state index in [4.69, 9.17) is 11.6 Å². The number of nitrogens with zero attached hydrogens (tertiary/aromatic N) is 5. The topological polar surface area (TPSA) is 63.9 Å². The first kappa shape index (κ1) is 17.3. The van der Waals surface area contributed by atoms with Gasteiger partial charge in [0.1, 0.15) is 6.54 Å². The Bertz CT molecular complexity index is 862. The van der Waals surface area contributed by atoms with Gasteiger partial charge in [0.15, 0.2) is 0 Å². The highest BCUT2D eigenvalue weighted by atomic mass is 35.5. The van der Waals surface area contributed by atoms with Crippen molar-refractivity contribution in [1.29, 1.82) is 0 Å². The van der Waals surface area contributed by atoms with Crippen LogP contribution in [0.15, 0.2) is 54.4 Å². The van der Waals surface area contributed by atoms with Gasteiger partial charge in [-0.05, 0) is 28.8 Å². The van der Waals surface area contributed by atoms with Gasteiger partial charge in [-0.2, -0.15) is 4.80 Å². The molecule has 0 unspecified atom stereocenters. The third kappa shape index (κ3) is 4.52. The fourth-order valence-corrected chi connectivity index (χ4v) is 3.19. The van der Waals surface area contributed by atoms with E-state index < -0.39 is 0 Å². The summed E-state index contributed by atoms with van der Waals surface area (Å²) in [6.07, 6.45) is 1.71. The number of tetrazole rings is 1. The molecule has 0 bridgehead atoms. The SMILES string of the molecule is C=CCN(Cc1cccs1)C(=O)Cn1nnc(-c2cccc(Cl)c2)n1. The largest absolute Gasteiger partial charge is 0.332 e. The van der Waals surface area contributed by atoms with E-state index in [0.29, 0.717) is 23.9 Å².